The van der Waals surface area contributed by atoms with Crippen molar-refractivity contribution in [1.29, 1.82) is 0 Å². The predicted molar refractivity (Wildman–Crippen MR) is 124 cm³/mol. The highest BCUT2D eigenvalue weighted by Gasteiger charge is 2.30. The van der Waals surface area contributed by atoms with Gasteiger partial charge in [-0.25, -0.2) is 4.68 Å². The number of tetrazole rings is 1. The van der Waals surface area contributed by atoms with Crippen molar-refractivity contribution in [3.8, 4) is 0 Å². The van der Waals surface area contributed by atoms with Crippen molar-refractivity contribution in [2.45, 2.75) is 32.4 Å². The summed E-state index contributed by atoms with van der Waals surface area (Å²) >= 11 is 0. The number of aryl methyl sites for hydroxylation is 1. The molecule has 6 nitrogen and oxygen atoms in total. The van der Waals surface area contributed by atoms with Gasteiger partial charge in [-0.15, -0.1) is 5.10 Å². The minimum Gasteiger partial charge on any atom is -0.297 e. The summed E-state index contributed by atoms with van der Waals surface area (Å²) < 4.78 is 2.00. The second kappa shape index (κ2) is 11.0. The molecule has 1 saturated heterocycles. The van der Waals surface area contributed by atoms with Crippen molar-refractivity contribution in [1.82, 2.24) is 30.0 Å². The van der Waals surface area contributed by atoms with E-state index in [1.807, 2.05) is 4.68 Å². The fourth-order valence-corrected chi connectivity index (χ4v) is 4.14. The van der Waals surface area contributed by atoms with E-state index in [1.165, 1.54) is 11.1 Å². The Kier molecular flexibility index (Phi) is 7.58. The number of hydrogen-bond donors (Lipinski definition) is 0. The molecule has 0 amide bonds. The van der Waals surface area contributed by atoms with E-state index in [4.69, 9.17) is 0 Å². The average Bonchev–Trinajstić information content (AvgIpc) is 3.28. The summed E-state index contributed by atoms with van der Waals surface area (Å²) in [5.41, 5.74) is 2.51. The van der Waals surface area contributed by atoms with Gasteiger partial charge in [-0.1, -0.05) is 86.2 Å². The molecule has 0 saturated carbocycles. The first-order valence-corrected chi connectivity index (χ1v) is 11.3. The van der Waals surface area contributed by atoms with Gasteiger partial charge in [-0.05, 0) is 28.0 Å². The Bertz CT molecular complexity index is 929. The molecule has 0 aliphatic carbocycles. The van der Waals surface area contributed by atoms with E-state index in [-0.39, 0.29) is 6.04 Å². The van der Waals surface area contributed by atoms with E-state index in [9.17, 15) is 0 Å². The van der Waals surface area contributed by atoms with Gasteiger partial charge in [0.1, 0.15) is 0 Å². The molecule has 31 heavy (non-hydrogen) atoms. The van der Waals surface area contributed by atoms with Crippen LogP contribution in [0.3, 0.4) is 0 Å². The van der Waals surface area contributed by atoms with Crippen LogP contribution >= 0.6 is 0 Å². The summed E-state index contributed by atoms with van der Waals surface area (Å²) in [4.78, 5) is 5.04. The number of piperazine rings is 1. The van der Waals surface area contributed by atoms with Crippen LogP contribution in [-0.2, 0) is 6.54 Å². The van der Waals surface area contributed by atoms with Crippen molar-refractivity contribution in [3.05, 3.63) is 83.7 Å². The highest BCUT2D eigenvalue weighted by molar-refractivity contribution is 5.48. The summed E-state index contributed by atoms with van der Waals surface area (Å²) in [6.07, 6.45) is 6.69. The van der Waals surface area contributed by atoms with Gasteiger partial charge in [0.15, 0.2) is 5.82 Å². The van der Waals surface area contributed by atoms with Gasteiger partial charge < -0.3 is 0 Å². The molecule has 6 heteroatoms. The number of rotatable bonds is 9. The normalized spacial score (nSPS) is 16.7. The quantitative estimate of drug-likeness (QED) is 0.530. The van der Waals surface area contributed by atoms with Crippen molar-refractivity contribution in [2.75, 3.05) is 32.7 Å². The molecule has 0 radical (unpaired) electrons. The Balaban J connectivity index is 1.43. The van der Waals surface area contributed by atoms with E-state index in [1.54, 1.807) is 0 Å². The molecule has 1 atom stereocenters. The van der Waals surface area contributed by atoms with Crippen LogP contribution in [0.15, 0.2) is 66.7 Å². The molecule has 1 aliphatic heterocycles. The standard InChI is InChI=1S/C25H32N6/c1-2-3-17-31-25(26-27-28-31)24(23-14-8-5-9-15-23)30-20-18-29(19-21-30)16-10-13-22-11-6-4-7-12-22/h4-15,24H,2-3,16-21H2,1H3/t24-/m1/s1. The number of unbranched alkanes of at least 4 members (excludes halogenated alkanes) is 1. The fourth-order valence-electron chi connectivity index (χ4n) is 4.14. The van der Waals surface area contributed by atoms with Crippen molar-refractivity contribution < 1.29 is 0 Å². The van der Waals surface area contributed by atoms with Gasteiger partial charge >= 0.3 is 0 Å². The molecule has 1 fully saturated rings. The number of nitrogens with zero attached hydrogens (tertiary/aromatic N) is 6. The van der Waals surface area contributed by atoms with E-state index in [0.717, 1.165) is 57.9 Å². The maximum atomic E-state index is 4.46. The highest BCUT2D eigenvalue weighted by Crippen LogP contribution is 2.28. The van der Waals surface area contributed by atoms with Crippen LogP contribution in [0, 0.1) is 0 Å². The summed E-state index contributed by atoms with van der Waals surface area (Å²) in [6.45, 7) is 8.13. The van der Waals surface area contributed by atoms with Gasteiger partial charge in [-0.2, -0.15) is 0 Å². The van der Waals surface area contributed by atoms with E-state index in [0.29, 0.717) is 0 Å². The third kappa shape index (κ3) is 5.66. The first kappa shape index (κ1) is 21.4. The summed E-state index contributed by atoms with van der Waals surface area (Å²) in [7, 11) is 0. The monoisotopic (exact) mass is 416 g/mol. The molecule has 2 aromatic carbocycles. The molecule has 2 heterocycles. The zero-order valence-electron chi connectivity index (χ0n) is 18.3. The van der Waals surface area contributed by atoms with Crippen molar-refractivity contribution in [2.24, 2.45) is 0 Å². The van der Waals surface area contributed by atoms with Crippen LogP contribution in [0.1, 0.15) is 42.8 Å². The van der Waals surface area contributed by atoms with Gasteiger partial charge in [0, 0.05) is 39.3 Å². The fraction of sp³-hybridized carbons (Fsp3) is 0.400. The largest absolute Gasteiger partial charge is 0.297 e. The van der Waals surface area contributed by atoms with Gasteiger partial charge in [0.2, 0.25) is 0 Å². The first-order chi connectivity index (χ1) is 15.3. The van der Waals surface area contributed by atoms with E-state index >= 15 is 0 Å². The lowest BCUT2D eigenvalue weighted by Gasteiger charge is -2.38. The Hall–Kier alpha value is -2.83. The molecule has 0 unspecified atom stereocenters. The molecule has 0 spiro atoms. The second-order valence-electron chi connectivity index (χ2n) is 8.08. The topological polar surface area (TPSA) is 50.1 Å². The smallest absolute Gasteiger partial charge is 0.173 e. The molecular weight excluding hydrogens is 384 g/mol. The van der Waals surface area contributed by atoms with Crippen LogP contribution < -0.4 is 0 Å². The number of aromatic nitrogens is 4. The molecule has 3 aromatic rings. The lowest BCUT2D eigenvalue weighted by Crippen LogP contribution is -2.48. The zero-order valence-corrected chi connectivity index (χ0v) is 18.3. The molecular formula is C25H32N6. The molecule has 162 valence electrons. The molecule has 1 aromatic heterocycles. The van der Waals surface area contributed by atoms with Gasteiger partial charge in [0.25, 0.3) is 0 Å². The summed E-state index contributed by atoms with van der Waals surface area (Å²) in [6, 6.07) is 21.2. The maximum absolute atomic E-state index is 4.46. The minimum absolute atomic E-state index is 0.0927. The maximum Gasteiger partial charge on any atom is 0.173 e. The van der Waals surface area contributed by atoms with Crippen LogP contribution in [-0.4, -0.2) is 62.7 Å². The zero-order chi connectivity index (χ0) is 21.3. The summed E-state index contributed by atoms with van der Waals surface area (Å²) in [5.74, 6) is 0.956. The van der Waals surface area contributed by atoms with Crippen molar-refractivity contribution >= 4 is 6.08 Å². The van der Waals surface area contributed by atoms with E-state index < -0.39 is 0 Å². The third-order valence-electron chi connectivity index (χ3n) is 5.89. The Morgan fingerprint density at radius 2 is 1.65 bits per heavy atom. The predicted octanol–water partition coefficient (Wildman–Crippen LogP) is 3.89. The van der Waals surface area contributed by atoms with Crippen LogP contribution in [0.25, 0.3) is 6.08 Å². The third-order valence-corrected chi connectivity index (χ3v) is 5.89. The van der Waals surface area contributed by atoms with Crippen LogP contribution in [0.5, 0.6) is 0 Å². The Labute approximate surface area is 185 Å². The molecule has 4 rings (SSSR count). The number of hydrogen-bond acceptors (Lipinski definition) is 5. The summed E-state index contributed by atoms with van der Waals surface area (Å²) in [5, 5.41) is 12.8. The minimum atomic E-state index is 0.0927. The highest BCUT2D eigenvalue weighted by atomic mass is 15.6. The lowest BCUT2D eigenvalue weighted by molar-refractivity contribution is 0.112. The average molecular weight is 417 g/mol. The van der Waals surface area contributed by atoms with Crippen LogP contribution in [0.2, 0.25) is 0 Å². The van der Waals surface area contributed by atoms with Crippen molar-refractivity contribution in [3.63, 3.8) is 0 Å². The number of benzene rings is 2. The Morgan fingerprint density at radius 3 is 2.35 bits per heavy atom. The molecule has 1 aliphatic rings. The molecule has 0 N–H and O–H groups in total. The second-order valence-corrected chi connectivity index (χ2v) is 8.08. The van der Waals surface area contributed by atoms with Gasteiger partial charge in [0.05, 0.1) is 6.04 Å². The molecule has 0 bridgehead atoms. The van der Waals surface area contributed by atoms with Gasteiger partial charge in [-0.3, -0.25) is 9.80 Å². The SMILES string of the molecule is CCCCn1nnnc1[C@@H](c1ccccc1)N1CCN(CC=Cc2ccccc2)CC1. The first-order valence-electron chi connectivity index (χ1n) is 11.3. The van der Waals surface area contributed by atoms with Crippen LogP contribution in [0.4, 0.5) is 0 Å². The van der Waals surface area contributed by atoms with E-state index in [2.05, 4.69) is 105 Å². The Morgan fingerprint density at radius 1 is 0.935 bits per heavy atom. The lowest BCUT2D eigenvalue weighted by atomic mass is 10.0.